The average Bonchev–Trinajstić information content (AvgIpc) is 3.37. The molecule has 3 aromatic carbocycles. The number of aryl methyl sites for hydroxylation is 1. The van der Waals surface area contributed by atoms with Crippen LogP contribution in [0.15, 0.2) is 94.6 Å². The summed E-state index contributed by atoms with van der Waals surface area (Å²) < 4.78 is 25.9. The van der Waals surface area contributed by atoms with Gasteiger partial charge in [-0.1, -0.05) is 68.4 Å². The summed E-state index contributed by atoms with van der Waals surface area (Å²) in [5, 5.41) is 11.6. The predicted octanol–water partition coefficient (Wildman–Crippen LogP) is 4.55. The standard InChI is InChI=1S/C34H38N2O7/c1-22(2)33(29(37)19-30(43-33)36-20-23(3)31(38)35-32(36)39)21-42-34(24-9-7-6-8-10-24,25-11-15-27(40-4)16-12-25)26-13-17-28(41-5)18-14-26/h6-18,20,22,29-30,37H,19,21H2,1-5H3,(H,35,38,39)/t29-,30+,33-/m0/s1. The van der Waals surface area contributed by atoms with Crippen LogP contribution in [0.2, 0.25) is 0 Å². The highest BCUT2D eigenvalue weighted by atomic mass is 16.6. The Balaban J connectivity index is 1.63. The first kappa shape index (κ1) is 30.3. The van der Waals surface area contributed by atoms with Crippen LogP contribution in [0.5, 0.6) is 11.5 Å². The number of nitrogens with one attached hydrogen (secondary N) is 1. The number of nitrogens with zero attached hydrogens (tertiary/aromatic N) is 1. The second kappa shape index (κ2) is 12.2. The highest BCUT2D eigenvalue weighted by molar-refractivity contribution is 5.49. The van der Waals surface area contributed by atoms with Gasteiger partial charge in [0.15, 0.2) is 0 Å². The fourth-order valence-corrected chi connectivity index (χ4v) is 5.85. The monoisotopic (exact) mass is 586 g/mol. The number of benzene rings is 3. The molecule has 2 N–H and O–H groups in total. The molecular weight excluding hydrogens is 548 g/mol. The highest BCUT2D eigenvalue weighted by Crippen LogP contribution is 2.46. The number of aromatic amines is 1. The van der Waals surface area contributed by atoms with Gasteiger partial charge in [0.2, 0.25) is 0 Å². The number of rotatable bonds is 10. The maximum atomic E-state index is 12.7. The van der Waals surface area contributed by atoms with E-state index in [9.17, 15) is 14.7 Å². The van der Waals surface area contributed by atoms with E-state index in [2.05, 4.69) is 4.98 Å². The lowest BCUT2D eigenvalue weighted by atomic mass is 9.79. The Labute approximate surface area is 250 Å². The number of hydrogen-bond acceptors (Lipinski definition) is 7. The van der Waals surface area contributed by atoms with Crippen molar-refractivity contribution in [3.8, 4) is 11.5 Å². The van der Waals surface area contributed by atoms with E-state index in [1.807, 2.05) is 92.7 Å². The Morgan fingerprint density at radius 3 is 1.98 bits per heavy atom. The number of H-pyrrole nitrogens is 1. The molecule has 0 radical (unpaired) electrons. The Hall–Kier alpha value is -4.18. The quantitative estimate of drug-likeness (QED) is 0.262. The van der Waals surface area contributed by atoms with Crippen molar-refractivity contribution in [1.29, 1.82) is 0 Å². The topological polar surface area (TPSA) is 112 Å². The van der Waals surface area contributed by atoms with Crippen LogP contribution in [0.4, 0.5) is 0 Å². The lowest BCUT2D eigenvalue weighted by molar-refractivity contribution is -0.181. The van der Waals surface area contributed by atoms with E-state index in [1.54, 1.807) is 21.1 Å². The number of hydrogen-bond donors (Lipinski definition) is 2. The Morgan fingerprint density at radius 1 is 0.930 bits per heavy atom. The van der Waals surface area contributed by atoms with E-state index >= 15 is 0 Å². The molecule has 0 aliphatic carbocycles. The molecule has 43 heavy (non-hydrogen) atoms. The number of aliphatic hydroxyl groups excluding tert-OH is 1. The van der Waals surface area contributed by atoms with Gasteiger partial charge in [0, 0.05) is 18.2 Å². The van der Waals surface area contributed by atoms with Gasteiger partial charge < -0.3 is 24.1 Å². The third-order valence-electron chi connectivity index (χ3n) is 8.47. The smallest absolute Gasteiger partial charge is 0.330 e. The number of methoxy groups -OCH3 is 2. The minimum absolute atomic E-state index is 0.00757. The van der Waals surface area contributed by atoms with Crippen molar-refractivity contribution in [2.45, 2.75) is 50.7 Å². The minimum Gasteiger partial charge on any atom is -0.497 e. The van der Waals surface area contributed by atoms with E-state index in [1.165, 1.54) is 10.8 Å². The van der Waals surface area contributed by atoms with Crippen LogP contribution >= 0.6 is 0 Å². The van der Waals surface area contributed by atoms with E-state index in [-0.39, 0.29) is 18.9 Å². The SMILES string of the molecule is COc1ccc(C(OC[C@@]2(C(C)C)O[C@@H](n3cc(C)c(=O)[nH]c3=O)C[C@@H]2O)(c2ccccc2)c2ccc(OC)cc2)cc1. The van der Waals surface area contributed by atoms with Crippen LogP contribution < -0.4 is 20.7 Å². The van der Waals surface area contributed by atoms with Crippen molar-refractivity contribution >= 4 is 0 Å². The summed E-state index contributed by atoms with van der Waals surface area (Å²) in [6.07, 6.45) is -0.135. The molecule has 0 saturated carbocycles. The van der Waals surface area contributed by atoms with Gasteiger partial charge in [-0.3, -0.25) is 14.3 Å². The molecule has 0 amide bonds. The normalized spacial score (nSPS) is 20.3. The van der Waals surface area contributed by atoms with Gasteiger partial charge >= 0.3 is 5.69 Å². The third-order valence-corrected chi connectivity index (χ3v) is 8.47. The Morgan fingerprint density at radius 2 is 1.47 bits per heavy atom. The van der Waals surface area contributed by atoms with Gasteiger partial charge in [0.05, 0.1) is 26.9 Å². The van der Waals surface area contributed by atoms with Gasteiger partial charge in [-0.25, -0.2) is 4.79 Å². The lowest BCUT2D eigenvalue weighted by Gasteiger charge is -2.42. The van der Waals surface area contributed by atoms with Gasteiger partial charge in [0.1, 0.15) is 28.9 Å². The average molecular weight is 587 g/mol. The molecule has 4 aromatic rings. The summed E-state index contributed by atoms with van der Waals surface area (Å²) in [6.45, 7) is 5.53. The first-order chi connectivity index (χ1) is 20.6. The van der Waals surface area contributed by atoms with Crippen LogP contribution in [0, 0.1) is 12.8 Å². The highest BCUT2D eigenvalue weighted by Gasteiger charge is 2.53. The van der Waals surface area contributed by atoms with Gasteiger partial charge in [-0.05, 0) is 53.8 Å². The molecule has 0 spiro atoms. The molecule has 1 aliphatic rings. The molecular formula is C34H38N2O7. The molecule has 3 atom stereocenters. The molecule has 1 aliphatic heterocycles. The maximum absolute atomic E-state index is 12.7. The fourth-order valence-electron chi connectivity index (χ4n) is 5.85. The van der Waals surface area contributed by atoms with Gasteiger partial charge in [-0.15, -0.1) is 0 Å². The van der Waals surface area contributed by atoms with Gasteiger partial charge in [0.25, 0.3) is 5.56 Å². The number of aliphatic hydroxyl groups is 1. The van der Waals surface area contributed by atoms with Crippen LogP contribution in [0.25, 0.3) is 0 Å². The molecule has 0 bridgehead atoms. The Bertz CT molecular complexity index is 1600. The fraction of sp³-hybridized carbons (Fsp3) is 0.353. The summed E-state index contributed by atoms with van der Waals surface area (Å²) in [7, 11) is 3.24. The minimum atomic E-state index is -1.17. The van der Waals surface area contributed by atoms with Crippen molar-refractivity contribution in [3.05, 3.63) is 128 Å². The second-order valence-corrected chi connectivity index (χ2v) is 11.2. The van der Waals surface area contributed by atoms with Crippen LogP contribution in [0.1, 0.15) is 48.8 Å². The van der Waals surface area contributed by atoms with E-state index in [0.717, 1.165) is 16.7 Å². The molecule has 1 fully saturated rings. The molecule has 9 heteroatoms. The molecule has 9 nitrogen and oxygen atoms in total. The lowest BCUT2D eigenvalue weighted by Crippen LogP contribution is -2.51. The summed E-state index contributed by atoms with van der Waals surface area (Å²) >= 11 is 0. The second-order valence-electron chi connectivity index (χ2n) is 11.2. The van der Waals surface area contributed by atoms with Crippen molar-refractivity contribution in [3.63, 3.8) is 0 Å². The van der Waals surface area contributed by atoms with Crippen molar-refractivity contribution in [2.24, 2.45) is 5.92 Å². The summed E-state index contributed by atoms with van der Waals surface area (Å²) in [5.41, 5.74) is -0.395. The molecule has 0 unspecified atom stereocenters. The Kier molecular flexibility index (Phi) is 8.59. The summed E-state index contributed by atoms with van der Waals surface area (Å²) in [6, 6.07) is 25.3. The molecule has 2 heterocycles. The summed E-state index contributed by atoms with van der Waals surface area (Å²) in [4.78, 5) is 27.1. The van der Waals surface area contributed by atoms with Gasteiger partial charge in [-0.2, -0.15) is 0 Å². The summed E-state index contributed by atoms with van der Waals surface area (Å²) in [5.74, 6) is 1.21. The van der Waals surface area contributed by atoms with E-state index in [4.69, 9.17) is 18.9 Å². The molecule has 1 saturated heterocycles. The zero-order valence-corrected chi connectivity index (χ0v) is 25.1. The molecule has 5 rings (SSSR count). The van der Waals surface area contributed by atoms with Crippen LogP contribution in [-0.4, -0.2) is 47.2 Å². The van der Waals surface area contributed by atoms with Crippen molar-refractivity contribution in [2.75, 3.05) is 20.8 Å². The number of aromatic nitrogens is 2. The van der Waals surface area contributed by atoms with Crippen molar-refractivity contribution < 1.29 is 24.1 Å². The van der Waals surface area contributed by atoms with Crippen LogP contribution in [-0.2, 0) is 15.1 Å². The first-order valence-corrected chi connectivity index (χ1v) is 14.3. The third kappa shape index (κ3) is 5.51. The predicted molar refractivity (Wildman–Crippen MR) is 163 cm³/mol. The van der Waals surface area contributed by atoms with Crippen LogP contribution in [0.3, 0.4) is 0 Å². The molecule has 226 valence electrons. The van der Waals surface area contributed by atoms with E-state index in [0.29, 0.717) is 17.1 Å². The zero-order chi connectivity index (χ0) is 30.8. The molecule has 1 aromatic heterocycles. The van der Waals surface area contributed by atoms with E-state index < -0.39 is 34.8 Å². The maximum Gasteiger partial charge on any atom is 0.330 e. The zero-order valence-electron chi connectivity index (χ0n) is 25.1. The largest absolute Gasteiger partial charge is 0.497 e. The van der Waals surface area contributed by atoms with Crippen molar-refractivity contribution in [1.82, 2.24) is 9.55 Å². The first-order valence-electron chi connectivity index (χ1n) is 14.3. The number of ether oxygens (including phenoxy) is 4.